The quantitative estimate of drug-likeness (QED) is 0.452. The van der Waals surface area contributed by atoms with Gasteiger partial charge in [-0.2, -0.15) is 0 Å². The van der Waals surface area contributed by atoms with Gasteiger partial charge in [0.1, 0.15) is 6.54 Å². The molecule has 3 aromatic rings. The van der Waals surface area contributed by atoms with E-state index in [-0.39, 0.29) is 12.5 Å². The first-order valence-corrected chi connectivity index (χ1v) is 8.92. The van der Waals surface area contributed by atoms with Gasteiger partial charge in [-0.1, -0.05) is 50.2 Å². The number of fused-ring (bicyclic) bond motifs is 1. The summed E-state index contributed by atoms with van der Waals surface area (Å²) in [4.78, 5) is 12.1. The molecule has 0 N–H and O–H groups in total. The van der Waals surface area contributed by atoms with E-state index in [0.717, 1.165) is 18.4 Å². The molecule has 0 fully saturated rings. The van der Waals surface area contributed by atoms with Crippen molar-refractivity contribution in [2.24, 2.45) is 0 Å². The van der Waals surface area contributed by atoms with Crippen LogP contribution in [-0.4, -0.2) is 17.1 Å². The smallest absolute Gasteiger partial charge is 0.325 e. The van der Waals surface area contributed by atoms with Gasteiger partial charge < -0.3 is 9.30 Å². The minimum absolute atomic E-state index is 0.182. The third-order valence-corrected chi connectivity index (χ3v) is 4.48. The van der Waals surface area contributed by atoms with Crippen LogP contribution < -0.4 is 0 Å². The number of benzene rings is 2. The molecule has 0 radical (unpaired) electrons. The highest BCUT2D eigenvalue weighted by Crippen LogP contribution is 2.22. The molecular formula is C22H25NO2. The van der Waals surface area contributed by atoms with Crippen LogP contribution in [0.3, 0.4) is 0 Å². The number of aryl methyl sites for hydroxylation is 1. The number of nitrogens with zero attached hydrogens (tertiary/aromatic N) is 1. The summed E-state index contributed by atoms with van der Waals surface area (Å²) in [6.07, 6.45) is 3.73. The van der Waals surface area contributed by atoms with Crippen LogP contribution in [0.2, 0.25) is 0 Å². The van der Waals surface area contributed by atoms with E-state index in [2.05, 4.69) is 50.2 Å². The van der Waals surface area contributed by atoms with Crippen molar-refractivity contribution >= 4 is 16.9 Å². The van der Waals surface area contributed by atoms with Crippen molar-refractivity contribution in [1.29, 1.82) is 0 Å². The Balaban J connectivity index is 1.52. The fraction of sp³-hybridized carbons (Fsp3) is 0.318. The maximum Gasteiger partial charge on any atom is 0.325 e. The summed E-state index contributed by atoms with van der Waals surface area (Å²) >= 11 is 0. The van der Waals surface area contributed by atoms with E-state index in [1.54, 1.807) is 0 Å². The number of hydrogen-bond acceptors (Lipinski definition) is 2. The van der Waals surface area contributed by atoms with Crippen LogP contribution in [0.5, 0.6) is 0 Å². The van der Waals surface area contributed by atoms with Crippen molar-refractivity contribution in [2.75, 3.05) is 6.61 Å². The van der Waals surface area contributed by atoms with Gasteiger partial charge in [-0.05, 0) is 53.5 Å². The molecule has 0 aliphatic heterocycles. The molecule has 0 saturated heterocycles. The molecule has 1 heterocycles. The second kappa shape index (κ2) is 8.02. The summed E-state index contributed by atoms with van der Waals surface area (Å²) in [5.74, 6) is 0.320. The average Bonchev–Trinajstić information content (AvgIpc) is 3.02. The number of hydrogen-bond donors (Lipinski definition) is 0. The Morgan fingerprint density at radius 1 is 1.08 bits per heavy atom. The van der Waals surface area contributed by atoms with Crippen LogP contribution in [0.1, 0.15) is 37.3 Å². The first kappa shape index (κ1) is 17.3. The molecule has 130 valence electrons. The molecule has 3 rings (SSSR count). The van der Waals surface area contributed by atoms with Crippen LogP contribution >= 0.6 is 0 Å². The normalized spacial score (nSPS) is 11.2. The lowest BCUT2D eigenvalue weighted by Gasteiger charge is -2.09. The van der Waals surface area contributed by atoms with Gasteiger partial charge in [0.15, 0.2) is 0 Å². The highest BCUT2D eigenvalue weighted by molar-refractivity contribution is 5.82. The maximum absolute atomic E-state index is 12.1. The molecule has 0 saturated carbocycles. The Bertz CT molecular complexity index is 834. The summed E-state index contributed by atoms with van der Waals surface area (Å²) in [7, 11) is 0. The standard InChI is InChI=1S/C22H25NO2/c1-17(2)19-10-11-21-20(15-19)12-13-23(21)16-22(24)25-14-6-9-18-7-4-3-5-8-18/h3-5,7-8,10-13,15,17H,6,9,14,16H2,1-2H3. The van der Waals surface area contributed by atoms with E-state index in [0.29, 0.717) is 12.5 Å². The molecule has 0 aliphatic carbocycles. The summed E-state index contributed by atoms with van der Waals surface area (Å²) in [6.45, 7) is 5.09. The van der Waals surface area contributed by atoms with Crippen molar-refractivity contribution in [3.8, 4) is 0 Å². The van der Waals surface area contributed by atoms with Gasteiger partial charge in [0.25, 0.3) is 0 Å². The van der Waals surface area contributed by atoms with Crippen LogP contribution in [-0.2, 0) is 22.5 Å². The minimum atomic E-state index is -0.182. The summed E-state index contributed by atoms with van der Waals surface area (Å²) in [5.41, 5.74) is 3.66. The SMILES string of the molecule is CC(C)c1ccc2c(ccn2CC(=O)OCCCc2ccccc2)c1. The largest absolute Gasteiger partial charge is 0.464 e. The Morgan fingerprint density at radius 3 is 2.64 bits per heavy atom. The van der Waals surface area contributed by atoms with Gasteiger partial charge in [-0.25, -0.2) is 0 Å². The topological polar surface area (TPSA) is 31.2 Å². The van der Waals surface area contributed by atoms with Crippen LogP contribution in [0, 0.1) is 0 Å². The van der Waals surface area contributed by atoms with Crippen LogP contribution in [0.25, 0.3) is 10.9 Å². The molecule has 0 atom stereocenters. The molecule has 0 bridgehead atoms. The van der Waals surface area contributed by atoms with Crippen LogP contribution in [0.4, 0.5) is 0 Å². The zero-order valence-electron chi connectivity index (χ0n) is 14.9. The third-order valence-electron chi connectivity index (χ3n) is 4.48. The number of ether oxygens (including phenoxy) is 1. The lowest BCUT2D eigenvalue weighted by Crippen LogP contribution is -2.13. The third kappa shape index (κ3) is 4.50. The molecular weight excluding hydrogens is 310 g/mol. The Morgan fingerprint density at radius 2 is 1.88 bits per heavy atom. The van der Waals surface area contributed by atoms with E-state index in [1.807, 2.05) is 29.0 Å². The van der Waals surface area contributed by atoms with Crippen molar-refractivity contribution in [3.63, 3.8) is 0 Å². The monoisotopic (exact) mass is 335 g/mol. The van der Waals surface area contributed by atoms with E-state index >= 15 is 0 Å². The number of carbonyl (C=O) groups is 1. The first-order chi connectivity index (χ1) is 12.1. The molecule has 3 heteroatoms. The van der Waals surface area contributed by atoms with Gasteiger partial charge >= 0.3 is 5.97 Å². The van der Waals surface area contributed by atoms with Gasteiger partial charge in [-0.3, -0.25) is 4.79 Å². The summed E-state index contributed by atoms with van der Waals surface area (Å²) in [6, 6.07) is 18.7. The van der Waals surface area contributed by atoms with Crippen LogP contribution in [0.15, 0.2) is 60.8 Å². The van der Waals surface area contributed by atoms with E-state index in [1.165, 1.54) is 16.5 Å². The van der Waals surface area contributed by atoms with E-state index in [9.17, 15) is 4.79 Å². The molecule has 25 heavy (non-hydrogen) atoms. The van der Waals surface area contributed by atoms with Gasteiger partial charge in [0, 0.05) is 11.7 Å². The first-order valence-electron chi connectivity index (χ1n) is 8.92. The molecule has 1 aromatic heterocycles. The highest BCUT2D eigenvalue weighted by atomic mass is 16.5. The highest BCUT2D eigenvalue weighted by Gasteiger charge is 2.09. The fourth-order valence-electron chi connectivity index (χ4n) is 3.01. The van der Waals surface area contributed by atoms with Crippen molar-refractivity contribution in [2.45, 2.75) is 39.2 Å². The second-order valence-electron chi connectivity index (χ2n) is 6.73. The molecule has 0 unspecified atom stereocenters. The Labute approximate surface area is 149 Å². The second-order valence-corrected chi connectivity index (χ2v) is 6.73. The van der Waals surface area contributed by atoms with E-state index < -0.39 is 0 Å². The molecule has 3 nitrogen and oxygen atoms in total. The number of esters is 1. The molecule has 2 aromatic carbocycles. The average molecular weight is 335 g/mol. The Kier molecular flexibility index (Phi) is 5.54. The number of carbonyl (C=O) groups excluding carboxylic acids is 1. The number of aromatic nitrogens is 1. The van der Waals surface area contributed by atoms with Crippen molar-refractivity contribution < 1.29 is 9.53 Å². The summed E-state index contributed by atoms with van der Waals surface area (Å²) in [5, 5.41) is 1.17. The van der Waals surface area contributed by atoms with E-state index in [4.69, 9.17) is 4.74 Å². The maximum atomic E-state index is 12.1. The predicted octanol–water partition coefficient (Wildman–Crippen LogP) is 4.94. The number of rotatable bonds is 7. The van der Waals surface area contributed by atoms with Gasteiger partial charge in [-0.15, -0.1) is 0 Å². The van der Waals surface area contributed by atoms with Crippen molar-refractivity contribution in [1.82, 2.24) is 4.57 Å². The Hall–Kier alpha value is -2.55. The molecule has 0 aliphatic rings. The lowest BCUT2D eigenvalue weighted by atomic mass is 10.0. The lowest BCUT2D eigenvalue weighted by molar-refractivity contribution is -0.144. The molecule has 0 spiro atoms. The van der Waals surface area contributed by atoms with Gasteiger partial charge in [0.2, 0.25) is 0 Å². The zero-order valence-corrected chi connectivity index (χ0v) is 14.9. The zero-order chi connectivity index (χ0) is 17.6. The predicted molar refractivity (Wildman–Crippen MR) is 102 cm³/mol. The summed E-state index contributed by atoms with van der Waals surface area (Å²) < 4.78 is 7.35. The van der Waals surface area contributed by atoms with Gasteiger partial charge in [0.05, 0.1) is 6.61 Å². The fourth-order valence-corrected chi connectivity index (χ4v) is 3.01. The minimum Gasteiger partial charge on any atom is -0.464 e. The van der Waals surface area contributed by atoms with Crippen molar-refractivity contribution in [3.05, 3.63) is 71.9 Å². The molecule has 0 amide bonds.